The summed E-state index contributed by atoms with van der Waals surface area (Å²) in [7, 11) is 0. The van der Waals surface area contributed by atoms with Crippen LogP contribution in [0.15, 0.2) is 30.7 Å². The Morgan fingerprint density at radius 1 is 1.31 bits per heavy atom. The number of carbonyl (C=O) groups excluding carboxylic acids is 1. The molecule has 0 atom stereocenters. The summed E-state index contributed by atoms with van der Waals surface area (Å²) in [4.78, 5) is 20.3. The van der Waals surface area contributed by atoms with Crippen molar-refractivity contribution in [3.8, 4) is 5.75 Å². The highest BCUT2D eigenvalue weighted by Gasteiger charge is 2.28. The van der Waals surface area contributed by atoms with E-state index in [1.165, 1.54) is 6.20 Å². The maximum absolute atomic E-state index is 12.3. The first-order valence-electron chi connectivity index (χ1n) is 8.98. The lowest BCUT2D eigenvalue weighted by Gasteiger charge is -2.11. The van der Waals surface area contributed by atoms with E-state index in [0.717, 1.165) is 5.39 Å². The third-order valence-electron chi connectivity index (χ3n) is 4.10. The topological polar surface area (TPSA) is 81.9 Å². The van der Waals surface area contributed by atoms with E-state index in [-0.39, 0.29) is 18.1 Å². The highest BCUT2D eigenvalue weighted by Crippen LogP contribution is 2.22. The minimum Gasteiger partial charge on any atom is -0.482 e. The molecule has 1 N–H and O–H groups in total. The Hall–Kier alpha value is -3.17. The summed E-state index contributed by atoms with van der Waals surface area (Å²) in [5.74, 6) is -0.0305. The average Bonchev–Trinajstić information content (AvgIpc) is 3.04. The van der Waals surface area contributed by atoms with Crippen molar-refractivity contribution >= 4 is 16.8 Å². The number of hydrogen-bond acceptors (Lipinski definition) is 5. The Morgan fingerprint density at radius 3 is 2.79 bits per heavy atom. The molecule has 3 aromatic rings. The van der Waals surface area contributed by atoms with Gasteiger partial charge in [0.2, 0.25) is 5.91 Å². The summed E-state index contributed by atoms with van der Waals surface area (Å²) in [6.07, 6.45) is 0.409. The Kier molecular flexibility index (Phi) is 6.00. The fraction of sp³-hybridized carbons (Fsp3) is 0.368. The van der Waals surface area contributed by atoms with Crippen LogP contribution in [0.25, 0.3) is 10.9 Å². The molecule has 0 aliphatic rings. The number of nitrogens with one attached hydrogen (secondary N) is 1. The van der Waals surface area contributed by atoms with Gasteiger partial charge >= 0.3 is 6.18 Å². The van der Waals surface area contributed by atoms with Crippen LogP contribution in [0.3, 0.4) is 0 Å². The summed E-state index contributed by atoms with van der Waals surface area (Å²) in [6.45, 7) is 3.00. The summed E-state index contributed by atoms with van der Waals surface area (Å²) in [5.41, 5.74) is 2.49. The summed E-state index contributed by atoms with van der Waals surface area (Å²) < 4.78 is 43.4. The van der Waals surface area contributed by atoms with Crippen molar-refractivity contribution in [1.82, 2.24) is 25.1 Å². The molecule has 0 bridgehead atoms. The van der Waals surface area contributed by atoms with Gasteiger partial charge in [-0.2, -0.15) is 18.3 Å². The third-order valence-corrected chi connectivity index (χ3v) is 4.10. The number of fused-ring (bicyclic) bond motifs is 1. The monoisotopic (exact) mass is 407 g/mol. The SMILES string of the molecule is CCNC(=O)Cc1nccc2nn(Cc3cc(C)c(OCC(F)(F)F)cn3)cc12. The predicted molar refractivity (Wildman–Crippen MR) is 99.5 cm³/mol. The molecule has 0 unspecified atom stereocenters. The van der Waals surface area contributed by atoms with Gasteiger partial charge in [0.25, 0.3) is 0 Å². The van der Waals surface area contributed by atoms with Crippen molar-refractivity contribution in [1.29, 1.82) is 0 Å². The smallest absolute Gasteiger partial charge is 0.422 e. The third kappa shape index (κ3) is 5.43. The number of carbonyl (C=O) groups is 1. The summed E-state index contributed by atoms with van der Waals surface area (Å²) in [6, 6.07) is 3.41. The molecule has 7 nitrogen and oxygen atoms in total. The highest BCUT2D eigenvalue weighted by molar-refractivity contribution is 5.86. The molecule has 0 aliphatic heterocycles. The molecule has 0 aliphatic carbocycles. The number of halogens is 3. The standard InChI is InChI=1S/C19H20F3N5O2/c1-3-23-18(28)7-16-14-10-27(26-15(14)4-5-24-16)9-13-6-12(2)17(8-25-13)29-11-19(20,21)22/h4-6,8,10H,3,7,9,11H2,1-2H3,(H,23,28). The van der Waals surface area contributed by atoms with Crippen LogP contribution in [0.2, 0.25) is 0 Å². The summed E-state index contributed by atoms with van der Waals surface area (Å²) >= 11 is 0. The van der Waals surface area contributed by atoms with E-state index in [2.05, 4.69) is 20.4 Å². The van der Waals surface area contributed by atoms with Crippen LogP contribution in [0.1, 0.15) is 23.9 Å². The van der Waals surface area contributed by atoms with Crippen LogP contribution in [-0.4, -0.2) is 45.0 Å². The molecule has 0 saturated heterocycles. The van der Waals surface area contributed by atoms with Crippen molar-refractivity contribution in [3.05, 3.63) is 47.7 Å². The molecule has 0 saturated carbocycles. The van der Waals surface area contributed by atoms with Gasteiger partial charge in [-0.25, -0.2) is 0 Å². The number of amides is 1. The summed E-state index contributed by atoms with van der Waals surface area (Å²) in [5, 5.41) is 7.97. The van der Waals surface area contributed by atoms with Gasteiger partial charge in [0, 0.05) is 24.3 Å². The van der Waals surface area contributed by atoms with Crippen LogP contribution < -0.4 is 10.1 Å². The maximum atomic E-state index is 12.3. The van der Waals surface area contributed by atoms with Crippen molar-refractivity contribution in [2.24, 2.45) is 0 Å². The van der Waals surface area contributed by atoms with E-state index in [4.69, 9.17) is 4.74 Å². The fourth-order valence-corrected chi connectivity index (χ4v) is 2.85. The Balaban J connectivity index is 1.76. The zero-order valence-electron chi connectivity index (χ0n) is 16.0. The molecule has 3 rings (SSSR count). The van der Waals surface area contributed by atoms with Crippen LogP contribution in [0.5, 0.6) is 5.75 Å². The van der Waals surface area contributed by atoms with E-state index < -0.39 is 12.8 Å². The number of likely N-dealkylation sites (N-methyl/N-ethyl adjacent to an activating group) is 1. The largest absolute Gasteiger partial charge is 0.482 e. The van der Waals surface area contributed by atoms with Gasteiger partial charge in [0.15, 0.2) is 6.61 Å². The number of pyridine rings is 2. The van der Waals surface area contributed by atoms with E-state index in [0.29, 0.717) is 35.6 Å². The van der Waals surface area contributed by atoms with Crippen molar-refractivity contribution in [2.45, 2.75) is 33.0 Å². The molecule has 154 valence electrons. The van der Waals surface area contributed by atoms with Crippen molar-refractivity contribution in [3.63, 3.8) is 0 Å². The molecule has 0 spiro atoms. The number of ether oxygens (including phenoxy) is 1. The molecule has 3 aromatic heterocycles. The van der Waals surface area contributed by atoms with Crippen LogP contribution in [0.4, 0.5) is 13.2 Å². The second kappa shape index (κ2) is 8.46. The van der Waals surface area contributed by atoms with E-state index in [1.807, 2.05) is 6.92 Å². The average molecular weight is 407 g/mol. The minimum absolute atomic E-state index is 0.0881. The van der Waals surface area contributed by atoms with Gasteiger partial charge in [-0.05, 0) is 31.5 Å². The molecule has 0 fully saturated rings. The second-order valence-electron chi connectivity index (χ2n) is 6.49. The lowest BCUT2D eigenvalue weighted by atomic mass is 10.2. The first kappa shape index (κ1) is 20.6. The van der Waals surface area contributed by atoms with Gasteiger partial charge in [-0.15, -0.1) is 0 Å². The normalized spacial score (nSPS) is 11.6. The number of hydrogen-bond donors (Lipinski definition) is 1. The minimum atomic E-state index is -4.40. The quantitative estimate of drug-likeness (QED) is 0.651. The number of rotatable bonds is 7. The molecule has 0 aromatic carbocycles. The molecule has 1 amide bonds. The Bertz CT molecular complexity index is 1020. The second-order valence-corrected chi connectivity index (χ2v) is 6.49. The molecular weight excluding hydrogens is 387 g/mol. The zero-order valence-corrected chi connectivity index (χ0v) is 16.0. The van der Waals surface area contributed by atoms with E-state index in [1.54, 1.807) is 36.1 Å². The maximum Gasteiger partial charge on any atom is 0.422 e. The fourth-order valence-electron chi connectivity index (χ4n) is 2.85. The van der Waals surface area contributed by atoms with Crippen LogP contribution in [-0.2, 0) is 17.8 Å². The number of aromatic nitrogens is 4. The number of alkyl halides is 3. The van der Waals surface area contributed by atoms with Crippen molar-refractivity contribution < 1.29 is 22.7 Å². The van der Waals surface area contributed by atoms with Gasteiger partial charge in [0.1, 0.15) is 5.75 Å². The Labute approximate surface area is 164 Å². The van der Waals surface area contributed by atoms with E-state index >= 15 is 0 Å². The lowest BCUT2D eigenvalue weighted by molar-refractivity contribution is -0.153. The van der Waals surface area contributed by atoms with Gasteiger partial charge < -0.3 is 10.1 Å². The van der Waals surface area contributed by atoms with E-state index in [9.17, 15) is 18.0 Å². The van der Waals surface area contributed by atoms with Crippen LogP contribution >= 0.6 is 0 Å². The van der Waals surface area contributed by atoms with Crippen molar-refractivity contribution in [2.75, 3.05) is 13.2 Å². The van der Waals surface area contributed by atoms with Gasteiger partial charge in [-0.1, -0.05) is 0 Å². The molecule has 0 radical (unpaired) electrons. The highest BCUT2D eigenvalue weighted by atomic mass is 19.4. The molecule has 10 heteroatoms. The lowest BCUT2D eigenvalue weighted by Crippen LogP contribution is -2.24. The molecule has 29 heavy (non-hydrogen) atoms. The van der Waals surface area contributed by atoms with Gasteiger partial charge in [-0.3, -0.25) is 19.4 Å². The number of aryl methyl sites for hydroxylation is 1. The Morgan fingerprint density at radius 2 is 2.10 bits per heavy atom. The first-order valence-corrected chi connectivity index (χ1v) is 8.98. The number of nitrogens with zero attached hydrogens (tertiary/aromatic N) is 4. The molecule has 3 heterocycles. The van der Waals surface area contributed by atoms with Gasteiger partial charge in [0.05, 0.1) is 36.1 Å². The molecular formula is C19H20F3N5O2. The van der Waals surface area contributed by atoms with Crippen LogP contribution in [0, 0.1) is 6.92 Å². The first-order chi connectivity index (χ1) is 13.7. The predicted octanol–water partition coefficient (Wildman–Crippen LogP) is 2.80. The zero-order chi connectivity index (χ0) is 21.0.